The van der Waals surface area contributed by atoms with Gasteiger partial charge < -0.3 is 15.8 Å². The number of hydrogen-bond donors (Lipinski definition) is 3. The van der Waals surface area contributed by atoms with Gasteiger partial charge >= 0.3 is 0 Å². The summed E-state index contributed by atoms with van der Waals surface area (Å²) in [5.41, 5.74) is 6.57. The fourth-order valence-electron chi connectivity index (χ4n) is 2.51. The van der Waals surface area contributed by atoms with Gasteiger partial charge in [0.15, 0.2) is 0 Å². The average Bonchev–Trinajstić information content (AvgIpc) is 2.80. The third-order valence-corrected chi connectivity index (χ3v) is 3.36. The second-order valence-corrected chi connectivity index (χ2v) is 5.32. The second kappa shape index (κ2) is 5.87. The number of nitrogens with one attached hydrogen (secondary N) is 3. The van der Waals surface area contributed by atoms with Crippen molar-refractivity contribution >= 4 is 17.5 Å². The molecule has 0 aliphatic heterocycles. The van der Waals surface area contributed by atoms with Crippen LogP contribution in [-0.2, 0) is 0 Å². The van der Waals surface area contributed by atoms with Crippen LogP contribution in [0.1, 0.15) is 37.9 Å². The summed E-state index contributed by atoms with van der Waals surface area (Å²) in [4.78, 5) is 7.46. The van der Waals surface area contributed by atoms with Crippen LogP contribution in [0.2, 0.25) is 0 Å². The van der Waals surface area contributed by atoms with Crippen molar-refractivity contribution in [2.24, 2.45) is 0 Å². The van der Waals surface area contributed by atoms with Gasteiger partial charge in [0.2, 0.25) is 0 Å². The standard InChI is InChI=1S/C17H20N4/c1-10(2)16(11(3)19)13-5-7-14(8-6-13)17-12(4)20-15(9-18)21-17/h5-9,18-19H,1-4H3,(H,20,21). The molecule has 1 heterocycles. The van der Waals surface area contributed by atoms with Crippen molar-refractivity contribution in [2.45, 2.75) is 27.7 Å². The van der Waals surface area contributed by atoms with Gasteiger partial charge in [-0.05, 0) is 33.3 Å². The maximum Gasteiger partial charge on any atom is 0.148 e. The molecule has 2 aromatic rings. The summed E-state index contributed by atoms with van der Waals surface area (Å²) in [5, 5.41) is 15.2. The van der Waals surface area contributed by atoms with Crippen LogP contribution in [0.3, 0.4) is 0 Å². The van der Waals surface area contributed by atoms with Gasteiger partial charge in [-0.2, -0.15) is 0 Å². The first-order valence-corrected chi connectivity index (χ1v) is 6.85. The molecule has 108 valence electrons. The Balaban J connectivity index is 2.43. The third-order valence-electron chi connectivity index (χ3n) is 3.36. The van der Waals surface area contributed by atoms with Crippen molar-refractivity contribution in [1.29, 1.82) is 10.8 Å². The zero-order chi connectivity index (χ0) is 15.6. The Morgan fingerprint density at radius 3 is 2.19 bits per heavy atom. The topological polar surface area (TPSA) is 76.4 Å². The first-order valence-electron chi connectivity index (χ1n) is 6.85. The summed E-state index contributed by atoms with van der Waals surface area (Å²) < 4.78 is 0. The van der Waals surface area contributed by atoms with Gasteiger partial charge in [0, 0.05) is 22.5 Å². The van der Waals surface area contributed by atoms with E-state index in [-0.39, 0.29) is 0 Å². The minimum absolute atomic E-state index is 0.562. The van der Waals surface area contributed by atoms with E-state index in [1.54, 1.807) is 0 Å². The van der Waals surface area contributed by atoms with E-state index in [0.717, 1.165) is 33.7 Å². The molecule has 0 radical (unpaired) electrons. The molecule has 2 rings (SSSR count). The largest absolute Gasteiger partial charge is 0.341 e. The Labute approximate surface area is 125 Å². The van der Waals surface area contributed by atoms with E-state index < -0.39 is 0 Å². The highest BCUT2D eigenvalue weighted by atomic mass is 14.9. The van der Waals surface area contributed by atoms with Crippen LogP contribution in [0.5, 0.6) is 0 Å². The number of aryl methyl sites for hydroxylation is 1. The van der Waals surface area contributed by atoms with Crippen LogP contribution >= 0.6 is 0 Å². The van der Waals surface area contributed by atoms with Crippen molar-refractivity contribution in [1.82, 2.24) is 9.97 Å². The van der Waals surface area contributed by atoms with Crippen LogP contribution in [0, 0.1) is 17.7 Å². The maximum atomic E-state index is 7.90. The minimum atomic E-state index is 0.562. The molecule has 0 amide bonds. The maximum absolute atomic E-state index is 7.90. The molecular formula is C17H20N4. The fourth-order valence-corrected chi connectivity index (χ4v) is 2.51. The van der Waals surface area contributed by atoms with Gasteiger partial charge in [-0.15, -0.1) is 0 Å². The van der Waals surface area contributed by atoms with Crippen molar-refractivity contribution in [2.75, 3.05) is 0 Å². The Hall–Kier alpha value is -2.49. The molecule has 0 saturated heterocycles. The lowest BCUT2D eigenvalue weighted by atomic mass is 9.96. The molecule has 0 bridgehead atoms. The number of allylic oxidation sites excluding steroid dienone is 2. The fraction of sp³-hybridized carbons (Fsp3) is 0.235. The molecule has 4 heteroatoms. The van der Waals surface area contributed by atoms with Gasteiger partial charge in [-0.25, -0.2) is 4.98 Å². The van der Waals surface area contributed by atoms with Crippen LogP contribution in [0.15, 0.2) is 29.8 Å². The highest BCUT2D eigenvalue weighted by Crippen LogP contribution is 2.25. The first-order chi connectivity index (χ1) is 9.93. The molecule has 0 aliphatic carbocycles. The van der Waals surface area contributed by atoms with E-state index in [1.807, 2.05) is 52.0 Å². The van der Waals surface area contributed by atoms with Crippen LogP contribution in [-0.4, -0.2) is 21.9 Å². The number of hydrogen-bond acceptors (Lipinski definition) is 3. The SMILES string of the molecule is CC(=N)C(=C(C)C)c1ccc(-c2nc(C=N)[nH]c2C)cc1. The Morgan fingerprint density at radius 1 is 1.14 bits per heavy atom. The summed E-state index contributed by atoms with van der Waals surface area (Å²) in [7, 11) is 0. The Bertz CT molecular complexity index is 714. The number of aromatic nitrogens is 2. The van der Waals surface area contributed by atoms with Gasteiger partial charge in [-0.1, -0.05) is 29.8 Å². The van der Waals surface area contributed by atoms with Crippen molar-refractivity contribution < 1.29 is 0 Å². The number of rotatable bonds is 4. The van der Waals surface area contributed by atoms with Crippen LogP contribution in [0.4, 0.5) is 0 Å². The van der Waals surface area contributed by atoms with Crippen LogP contribution < -0.4 is 0 Å². The quantitative estimate of drug-likeness (QED) is 0.721. The summed E-state index contributed by atoms with van der Waals surface area (Å²) >= 11 is 0. The lowest BCUT2D eigenvalue weighted by molar-refractivity contribution is 1.22. The number of aromatic amines is 1. The second-order valence-electron chi connectivity index (χ2n) is 5.32. The molecule has 1 aromatic heterocycles. The summed E-state index contributed by atoms with van der Waals surface area (Å²) in [6.07, 6.45) is 1.21. The molecule has 0 atom stereocenters. The number of H-pyrrole nitrogens is 1. The number of nitrogens with zero attached hydrogens (tertiary/aromatic N) is 1. The van der Waals surface area contributed by atoms with E-state index in [9.17, 15) is 0 Å². The smallest absolute Gasteiger partial charge is 0.148 e. The number of benzene rings is 1. The van der Waals surface area contributed by atoms with Gasteiger partial charge in [0.05, 0.1) is 11.9 Å². The zero-order valence-electron chi connectivity index (χ0n) is 12.8. The number of imidazole rings is 1. The third kappa shape index (κ3) is 2.99. The molecule has 0 saturated carbocycles. The van der Waals surface area contributed by atoms with Crippen molar-refractivity contribution in [3.05, 3.63) is 46.9 Å². The van der Waals surface area contributed by atoms with Gasteiger partial charge in [-0.3, -0.25) is 0 Å². The first kappa shape index (κ1) is 14.9. The molecule has 4 nitrogen and oxygen atoms in total. The molecule has 21 heavy (non-hydrogen) atoms. The molecule has 3 N–H and O–H groups in total. The molecule has 1 aromatic carbocycles. The average molecular weight is 280 g/mol. The predicted molar refractivity (Wildman–Crippen MR) is 88.3 cm³/mol. The highest BCUT2D eigenvalue weighted by Gasteiger charge is 2.10. The summed E-state index contributed by atoms with van der Waals surface area (Å²) in [5.74, 6) is 0.562. The van der Waals surface area contributed by atoms with E-state index >= 15 is 0 Å². The van der Waals surface area contributed by atoms with Gasteiger partial charge in [0.1, 0.15) is 5.82 Å². The minimum Gasteiger partial charge on any atom is -0.341 e. The highest BCUT2D eigenvalue weighted by molar-refractivity contribution is 6.21. The van der Waals surface area contributed by atoms with Crippen molar-refractivity contribution in [3.8, 4) is 11.3 Å². The summed E-state index contributed by atoms with van der Waals surface area (Å²) in [6.45, 7) is 7.81. The van der Waals surface area contributed by atoms with Crippen molar-refractivity contribution in [3.63, 3.8) is 0 Å². The van der Waals surface area contributed by atoms with E-state index in [1.165, 1.54) is 6.21 Å². The lowest BCUT2D eigenvalue weighted by Crippen LogP contribution is -1.97. The monoisotopic (exact) mass is 280 g/mol. The normalized spacial score (nSPS) is 10.3. The van der Waals surface area contributed by atoms with E-state index in [0.29, 0.717) is 11.5 Å². The molecule has 0 spiro atoms. The molecule has 0 unspecified atom stereocenters. The molecular weight excluding hydrogens is 260 g/mol. The lowest BCUT2D eigenvalue weighted by Gasteiger charge is -2.09. The van der Waals surface area contributed by atoms with E-state index in [4.69, 9.17) is 10.8 Å². The summed E-state index contributed by atoms with van der Waals surface area (Å²) in [6, 6.07) is 8.07. The van der Waals surface area contributed by atoms with Gasteiger partial charge in [0.25, 0.3) is 0 Å². The van der Waals surface area contributed by atoms with E-state index in [2.05, 4.69) is 9.97 Å². The Kier molecular flexibility index (Phi) is 4.17. The predicted octanol–water partition coefficient (Wildman–Crippen LogP) is 4.22. The zero-order valence-corrected chi connectivity index (χ0v) is 12.8. The molecule has 0 aliphatic rings. The van der Waals surface area contributed by atoms with Crippen LogP contribution in [0.25, 0.3) is 16.8 Å². The molecule has 0 fully saturated rings. The Morgan fingerprint density at radius 2 is 1.76 bits per heavy atom.